The van der Waals surface area contributed by atoms with Crippen LogP contribution < -0.4 is 10.1 Å². The SMILES string of the molecule is C=C(C)c1ccc(-c2ccc(OC(CCCC(C)C)c3ccc(C(=O)NCCC(=O)O)cc3)cn2)cc1. The van der Waals surface area contributed by atoms with Crippen molar-refractivity contribution in [2.75, 3.05) is 6.54 Å². The van der Waals surface area contributed by atoms with E-state index in [9.17, 15) is 9.59 Å². The van der Waals surface area contributed by atoms with Crippen LogP contribution in [-0.2, 0) is 4.79 Å². The summed E-state index contributed by atoms with van der Waals surface area (Å²) in [5.41, 5.74) is 5.50. The number of allylic oxidation sites excluding steroid dienone is 1. The van der Waals surface area contributed by atoms with Crippen molar-refractivity contribution in [2.24, 2.45) is 5.92 Å². The number of nitrogens with one attached hydrogen (secondary N) is 1. The fraction of sp³-hybridized carbons (Fsp3) is 0.323. The summed E-state index contributed by atoms with van der Waals surface area (Å²) in [6.07, 6.45) is 4.42. The molecule has 3 aromatic rings. The van der Waals surface area contributed by atoms with Gasteiger partial charge in [0.05, 0.1) is 18.3 Å². The van der Waals surface area contributed by atoms with Crippen molar-refractivity contribution in [1.29, 1.82) is 0 Å². The molecule has 0 saturated heterocycles. The van der Waals surface area contributed by atoms with E-state index in [4.69, 9.17) is 9.84 Å². The summed E-state index contributed by atoms with van der Waals surface area (Å²) in [6, 6.07) is 19.4. The number of amides is 1. The number of hydrogen-bond acceptors (Lipinski definition) is 4. The molecule has 37 heavy (non-hydrogen) atoms. The Morgan fingerprint density at radius 2 is 1.65 bits per heavy atom. The zero-order valence-corrected chi connectivity index (χ0v) is 21.9. The molecule has 0 radical (unpaired) electrons. The molecule has 0 bridgehead atoms. The normalized spacial score (nSPS) is 11.7. The number of carbonyl (C=O) groups is 2. The van der Waals surface area contributed by atoms with Crippen LogP contribution in [0.1, 0.15) is 74.0 Å². The van der Waals surface area contributed by atoms with Crippen molar-refractivity contribution < 1.29 is 19.4 Å². The first-order valence-corrected chi connectivity index (χ1v) is 12.7. The Labute approximate surface area is 219 Å². The lowest BCUT2D eigenvalue weighted by Crippen LogP contribution is -2.26. The zero-order valence-electron chi connectivity index (χ0n) is 21.9. The highest BCUT2D eigenvalue weighted by atomic mass is 16.5. The summed E-state index contributed by atoms with van der Waals surface area (Å²) < 4.78 is 6.38. The second-order valence-electron chi connectivity index (χ2n) is 9.69. The van der Waals surface area contributed by atoms with Gasteiger partial charge in [-0.15, -0.1) is 0 Å². The van der Waals surface area contributed by atoms with E-state index in [2.05, 4.69) is 30.7 Å². The Hall–Kier alpha value is -3.93. The number of benzene rings is 2. The molecule has 6 heteroatoms. The van der Waals surface area contributed by atoms with Gasteiger partial charge in [-0.1, -0.05) is 68.8 Å². The molecule has 6 nitrogen and oxygen atoms in total. The molecule has 0 spiro atoms. The number of pyridine rings is 1. The lowest BCUT2D eigenvalue weighted by atomic mass is 9.99. The van der Waals surface area contributed by atoms with Gasteiger partial charge in [0, 0.05) is 17.7 Å². The Balaban J connectivity index is 1.71. The molecule has 0 aliphatic carbocycles. The Bertz CT molecular complexity index is 1180. The van der Waals surface area contributed by atoms with E-state index < -0.39 is 5.97 Å². The summed E-state index contributed by atoms with van der Waals surface area (Å²) in [7, 11) is 0. The van der Waals surface area contributed by atoms with Crippen LogP contribution in [0.4, 0.5) is 0 Å². The lowest BCUT2D eigenvalue weighted by Gasteiger charge is -2.20. The Morgan fingerprint density at radius 1 is 0.973 bits per heavy atom. The summed E-state index contributed by atoms with van der Waals surface area (Å²) in [4.78, 5) is 27.6. The van der Waals surface area contributed by atoms with Crippen LogP contribution in [0.15, 0.2) is 73.4 Å². The largest absolute Gasteiger partial charge is 0.484 e. The second-order valence-corrected chi connectivity index (χ2v) is 9.69. The van der Waals surface area contributed by atoms with Gasteiger partial charge in [0.15, 0.2) is 0 Å². The van der Waals surface area contributed by atoms with E-state index in [1.54, 1.807) is 18.3 Å². The third kappa shape index (κ3) is 8.60. The number of hydrogen-bond donors (Lipinski definition) is 2. The maximum absolute atomic E-state index is 12.3. The van der Waals surface area contributed by atoms with Crippen LogP contribution >= 0.6 is 0 Å². The van der Waals surface area contributed by atoms with Crippen LogP contribution in [0.5, 0.6) is 5.75 Å². The summed E-state index contributed by atoms with van der Waals surface area (Å²) >= 11 is 0. The van der Waals surface area contributed by atoms with Gasteiger partial charge >= 0.3 is 5.97 Å². The van der Waals surface area contributed by atoms with E-state index in [1.165, 1.54) is 0 Å². The van der Waals surface area contributed by atoms with Crippen molar-refractivity contribution in [3.05, 3.63) is 90.1 Å². The lowest BCUT2D eigenvalue weighted by molar-refractivity contribution is -0.136. The van der Waals surface area contributed by atoms with E-state index >= 15 is 0 Å². The number of carboxylic acid groups (broad SMARTS) is 1. The minimum Gasteiger partial charge on any atom is -0.484 e. The molecule has 0 aliphatic heterocycles. The number of aromatic nitrogens is 1. The number of aliphatic carboxylic acids is 1. The van der Waals surface area contributed by atoms with Gasteiger partial charge in [0.2, 0.25) is 0 Å². The number of carbonyl (C=O) groups excluding carboxylic acids is 1. The molecular formula is C31H36N2O4. The van der Waals surface area contributed by atoms with Crippen LogP contribution in [0.25, 0.3) is 16.8 Å². The number of ether oxygens (including phenoxy) is 1. The fourth-order valence-electron chi connectivity index (χ4n) is 3.95. The van der Waals surface area contributed by atoms with Gasteiger partial charge in [-0.3, -0.25) is 14.6 Å². The molecule has 0 saturated carbocycles. The number of rotatable bonds is 13. The van der Waals surface area contributed by atoms with Gasteiger partial charge in [-0.25, -0.2) is 0 Å². The Morgan fingerprint density at radius 3 is 2.22 bits per heavy atom. The first-order valence-electron chi connectivity index (χ1n) is 12.7. The van der Waals surface area contributed by atoms with Gasteiger partial charge in [0.1, 0.15) is 11.9 Å². The molecule has 194 valence electrons. The first kappa shape index (κ1) is 27.7. The quantitative estimate of drug-likeness (QED) is 0.266. The van der Waals surface area contributed by atoms with Crippen molar-refractivity contribution in [1.82, 2.24) is 10.3 Å². The van der Waals surface area contributed by atoms with E-state index in [1.807, 2.05) is 55.5 Å². The standard InChI is InChI=1S/C31H36N2O4/c1-21(2)6-5-7-29(25-12-14-26(15-13-25)31(36)32-19-18-30(34)35)37-27-16-17-28(33-20-27)24-10-8-23(9-11-24)22(3)4/h8-17,20-21,29H,3,5-7,18-19H2,1-2,4H3,(H,32,36)(H,34,35). The first-order chi connectivity index (χ1) is 17.7. The Kier molecular flexibility index (Phi) is 10.0. The van der Waals surface area contributed by atoms with Gasteiger partial charge in [-0.05, 0) is 61.1 Å². The highest BCUT2D eigenvalue weighted by molar-refractivity contribution is 5.94. The topological polar surface area (TPSA) is 88.5 Å². The molecular weight excluding hydrogens is 464 g/mol. The molecule has 2 aromatic carbocycles. The third-order valence-electron chi connectivity index (χ3n) is 6.11. The summed E-state index contributed by atoms with van der Waals surface area (Å²) in [5, 5.41) is 11.4. The molecule has 0 fully saturated rings. The minimum absolute atomic E-state index is 0.0951. The number of nitrogens with zero attached hydrogens (tertiary/aromatic N) is 1. The molecule has 0 aliphatic rings. The molecule has 1 unspecified atom stereocenters. The maximum atomic E-state index is 12.3. The van der Waals surface area contributed by atoms with Crippen LogP contribution in [0.3, 0.4) is 0 Å². The van der Waals surface area contributed by atoms with Gasteiger partial charge < -0.3 is 15.2 Å². The van der Waals surface area contributed by atoms with E-state index in [0.717, 1.165) is 47.2 Å². The van der Waals surface area contributed by atoms with Crippen molar-refractivity contribution in [2.45, 2.75) is 52.6 Å². The highest BCUT2D eigenvalue weighted by Crippen LogP contribution is 2.29. The average Bonchev–Trinajstić information content (AvgIpc) is 2.88. The molecule has 1 heterocycles. The highest BCUT2D eigenvalue weighted by Gasteiger charge is 2.16. The second kappa shape index (κ2) is 13.4. The van der Waals surface area contributed by atoms with Crippen LogP contribution in [0.2, 0.25) is 0 Å². The van der Waals surface area contributed by atoms with Crippen molar-refractivity contribution in [3.63, 3.8) is 0 Å². The molecule has 2 N–H and O–H groups in total. The van der Waals surface area contributed by atoms with Crippen molar-refractivity contribution in [3.8, 4) is 17.0 Å². The minimum atomic E-state index is -0.944. The molecule has 1 aromatic heterocycles. The maximum Gasteiger partial charge on any atom is 0.305 e. The van der Waals surface area contributed by atoms with Crippen LogP contribution in [0, 0.1) is 5.92 Å². The van der Waals surface area contributed by atoms with Crippen molar-refractivity contribution >= 4 is 17.4 Å². The van der Waals surface area contributed by atoms with Gasteiger partial charge in [0.25, 0.3) is 5.91 Å². The van der Waals surface area contributed by atoms with E-state index in [-0.39, 0.29) is 25.0 Å². The predicted octanol–water partition coefficient (Wildman–Crippen LogP) is 6.93. The number of carboxylic acids is 1. The monoisotopic (exact) mass is 500 g/mol. The van der Waals surface area contributed by atoms with E-state index in [0.29, 0.717) is 17.2 Å². The fourth-order valence-corrected chi connectivity index (χ4v) is 3.95. The predicted molar refractivity (Wildman–Crippen MR) is 147 cm³/mol. The molecule has 1 atom stereocenters. The van der Waals surface area contributed by atoms with Crippen LogP contribution in [-0.4, -0.2) is 28.5 Å². The molecule has 1 amide bonds. The summed E-state index contributed by atoms with van der Waals surface area (Å²) in [5.74, 6) is 0.0588. The third-order valence-corrected chi connectivity index (χ3v) is 6.11. The smallest absolute Gasteiger partial charge is 0.305 e. The molecule has 3 rings (SSSR count). The zero-order chi connectivity index (χ0) is 26.8. The average molecular weight is 501 g/mol. The van der Waals surface area contributed by atoms with Gasteiger partial charge in [-0.2, -0.15) is 0 Å². The summed E-state index contributed by atoms with van der Waals surface area (Å²) in [6.45, 7) is 10.5.